The van der Waals surface area contributed by atoms with Crippen LogP contribution in [0.1, 0.15) is 19.4 Å². The zero-order chi connectivity index (χ0) is 17.6. The molecular weight excluding hydrogens is 322 g/mol. The van der Waals surface area contributed by atoms with E-state index >= 15 is 0 Å². The van der Waals surface area contributed by atoms with Crippen LogP contribution in [0, 0.1) is 5.92 Å². The Kier molecular flexibility index (Phi) is 9.60. The Morgan fingerprint density at radius 3 is 2.17 bits per heavy atom. The Bertz CT molecular complexity index is 672. The van der Waals surface area contributed by atoms with Crippen LogP contribution in [0.25, 0.3) is 10.9 Å². The molecule has 0 aliphatic heterocycles. The van der Waals surface area contributed by atoms with Gasteiger partial charge in [0.2, 0.25) is 0 Å². The van der Waals surface area contributed by atoms with Crippen molar-refractivity contribution in [3.8, 4) is 0 Å². The van der Waals surface area contributed by atoms with Gasteiger partial charge in [0.15, 0.2) is 0 Å². The molecule has 0 saturated carbocycles. The van der Waals surface area contributed by atoms with Gasteiger partial charge in [-0.2, -0.15) is 0 Å². The molecule has 24 heavy (non-hydrogen) atoms. The predicted octanol–water partition coefficient (Wildman–Crippen LogP) is -1.87. The van der Waals surface area contributed by atoms with Crippen LogP contribution < -0.4 is 21.7 Å². The number of para-hydroxylation sites is 1. The number of benzene rings is 1. The minimum Gasteiger partial charge on any atom is -0.548 e. The minimum atomic E-state index is -1.22. The van der Waals surface area contributed by atoms with Crippen molar-refractivity contribution in [2.24, 2.45) is 17.4 Å². The van der Waals surface area contributed by atoms with E-state index in [4.69, 9.17) is 11.5 Å². The number of hydrogen-bond donors (Lipinski definition) is 3. The maximum Gasteiger partial charge on any atom is 2.00 e. The second-order valence-corrected chi connectivity index (χ2v) is 5.58. The van der Waals surface area contributed by atoms with Gasteiger partial charge in [0.05, 0.1) is 11.9 Å². The number of nitrogens with one attached hydrogen (secondary N) is 1. The molecule has 0 aliphatic rings. The summed E-state index contributed by atoms with van der Waals surface area (Å²) in [7, 11) is 0. The van der Waals surface area contributed by atoms with E-state index in [1.54, 1.807) is 20.0 Å². The molecule has 0 fully saturated rings. The Morgan fingerprint density at radius 1 is 1.12 bits per heavy atom. The number of carboxylic acids is 2. The summed E-state index contributed by atoms with van der Waals surface area (Å²) in [6, 6.07) is 5.91. The predicted molar refractivity (Wildman–Crippen MR) is 88.6 cm³/mol. The largest absolute Gasteiger partial charge is 2.00 e. The molecule has 0 amide bonds. The first-order valence-corrected chi connectivity index (χ1v) is 7.22. The second kappa shape index (κ2) is 10.3. The number of H-pyrrole nitrogens is 1. The standard InChI is InChI=1S/C11H12N2O2.C5H11NO2.Mg/c12-9(11(14)15)5-7-6-13-10-4-2-1-3-8(7)10;1-3(2)4(6)5(7)8;/h1-4,6,9,13H,5,12H2,(H,14,15);3-4H,6H2,1-2H3,(H,7,8);/q;;+2/p-2/t9-;4-;/m00./s1. The third kappa shape index (κ3) is 6.48. The summed E-state index contributed by atoms with van der Waals surface area (Å²) in [5.74, 6) is -2.44. The average molecular weight is 344 g/mol. The van der Waals surface area contributed by atoms with Crippen LogP contribution in [0.3, 0.4) is 0 Å². The van der Waals surface area contributed by atoms with Crippen molar-refractivity contribution in [1.82, 2.24) is 4.98 Å². The van der Waals surface area contributed by atoms with Crippen molar-refractivity contribution in [2.45, 2.75) is 32.4 Å². The van der Waals surface area contributed by atoms with E-state index in [9.17, 15) is 19.8 Å². The first kappa shape index (κ1) is 22.4. The van der Waals surface area contributed by atoms with Crippen LogP contribution in [0.2, 0.25) is 0 Å². The van der Waals surface area contributed by atoms with Gasteiger partial charge < -0.3 is 36.3 Å². The molecular formula is C16H21MgN3O4. The number of carbonyl (C=O) groups is 2. The number of carboxylic acid groups (broad SMARTS) is 2. The van der Waals surface area contributed by atoms with Crippen molar-refractivity contribution < 1.29 is 19.8 Å². The topological polar surface area (TPSA) is 148 Å². The van der Waals surface area contributed by atoms with E-state index in [0.29, 0.717) is 0 Å². The smallest absolute Gasteiger partial charge is 0.548 e. The molecule has 0 saturated heterocycles. The Balaban J connectivity index is 0.000000510. The third-order valence-electron chi connectivity index (χ3n) is 3.41. The van der Waals surface area contributed by atoms with Gasteiger partial charge in [-0.1, -0.05) is 32.0 Å². The third-order valence-corrected chi connectivity index (χ3v) is 3.41. The quantitative estimate of drug-likeness (QED) is 0.541. The van der Waals surface area contributed by atoms with E-state index in [1.165, 1.54) is 0 Å². The molecule has 0 bridgehead atoms. The number of fused-ring (bicyclic) bond motifs is 1. The SMILES string of the molecule is CC(C)[C@H](N)C(=O)[O-].N[C@@H](Cc1c[nH]c2ccccc12)C(=O)[O-].[Mg+2]. The fourth-order valence-electron chi connectivity index (χ4n) is 1.89. The minimum absolute atomic E-state index is 0. The molecule has 0 unspecified atom stereocenters. The number of aromatic nitrogens is 1. The van der Waals surface area contributed by atoms with Gasteiger partial charge >= 0.3 is 23.1 Å². The van der Waals surface area contributed by atoms with Crippen molar-refractivity contribution >= 4 is 45.9 Å². The van der Waals surface area contributed by atoms with E-state index in [1.807, 2.05) is 24.3 Å². The fraction of sp³-hybridized carbons (Fsp3) is 0.375. The Hall–Kier alpha value is -1.61. The van der Waals surface area contributed by atoms with Crippen molar-refractivity contribution in [1.29, 1.82) is 0 Å². The molecule has 2 aromatic rings. The monoisotopic (exact) mass is 343 g/mol. The molecule has 0 spiro atoms. The van der Waals surface area contributed by atoms with Crippen LogP contribution in [-0.2, 0) is 16.0 Å². The average Bonchev–Trinajstić information content (AvgIpc) is 2.90. The summed E-state index contributed by atoms with van der Waals surface area (Å²) in [5, 5.41) is 21.4. The maximum atomic E-state index is 10.5. The molecule has 2 rings (SSSR count). The zero-order valence-electron chi connectivity index (χ0n) is 13.8. The molecule has 1 aromatic heterocycles. The molecule has 126 valence electrons. The van der Waals surface area contributed by atoms with Crippen LogP contribution in [-0.4, -0.2) is 52.1 Å². The van der Waals surface area contributed by atoms with Crippen molar-refractivity contribution in [2.75, 3.05) is 0 Å². The molecule has 7 nitrogen and oxygen atoms in total. The molecule has 5 N–H and O–H groups in total. The van der Waals surface area contributed by atoms with Gasteiger partial charge in [-0.25, -0.2) is 0 Å². The summed E-state index contributed by atoms with van der Waals surface area (Å²) in [4.78, 5) is 23.5. The first-order chi connectivity index (χ1) is 10.7. The molecule has 0 aliphatic carbocycles. The van der Waals surface area contributed by atoms with Crippen LogP contribution in [0.4, 0.5) is 0 Å². The Labute approximate surface area is 156 Å². The molecule has 1 heterocycles. The van der Waals surface area contributed by atoms with Gasteiger partial charge in [0, 0.05) is 29.2 Å². The maximum absolute atomic E-state index is 10.5. The number of aliphatic carboxylic acids is 2. The van der Waals surface area contributed by atoms with Gasteiger partial charge in [0.25, 0.3) is 0 Å². The van der Waals surface area contributed by atoms with E-state index in [0.717, 1.165) is 16.5 Å². The van der Waals surface area contributed by atoms with Gasteiger partial charge in [-0.05, 0) is 24.0 Å². The van der Waals surface area contributed by atoms with Gasteiger partial charge in [0.1, 0.15) is 0 Å². The van der Waals surface area contributed by atoms with Gasteiger partial charge in [-0.15, -0.1) is 0 Å². The summed E-state index contributed by atoms with van der Waals surface area (Å²) in [6.45, 7) is 3.47. The first-order valence-electron chi connectivity index (χ1n) is 7.22. The number of aromatic amines is 1. The molecule has 8 heteroatoms. The number of hydrogen-bond acceptors (Lipinski definition) is 6. The second-order valence-electron chi connectivity index (χ2n) is 5.58. The van der Waals surface area contributed by atoms with E-state index in [2.05, 4.69) is 4.98 Å². The molecule has 0 radical (unpaired) electrons. The summed E-state index contributed by atoms with van der Waals surface area (Å²) in [5.41, 5.74) is 12.4. The van der Waals surface area contributed by atoms with Crippen LogP contribution >= 0.6 is 0 Å². The van der Waals surface area contributed by atoms with Gasteiger partial charge in [-0.3, -0.25) is 0 Å². The van der Waals surface area contributed by atoms with Crippen LogP contribution in [0.15, 0.2) is 30.5 Å². The summed E-state index contributed by atoms with van der Waals surface area (Å²) < 4.78 is 0. The normalized spacial score (nSPS) is 12.7. The zero-order valence-corrected chi connectivity index (χ0v) is 15.2. The van der Waals surface area contributed by atoms with Crippen LogP contribution in [0.5, 0.6) is 0 Å². The summed E-state index contributed by atoms with van der Waals surface area (Å²) in [6.07, 6.45) is 2.07. The molecule has 2 atom stereocenters. The molecule has 1 aromatic carbocycles. The van der Waals surface area contributed by atoms with Crippen molar-refractivity contribution in [3.63, 3.8) is 0 Å². The van der Waals surface area contributed by atoms with Crippen molar-refractivity contribution in [3.05, 3.63) is 36.0 Å². The number of nitrogens with two attached hydrogens (primary N) is 2. The summed E-state index contributed by atoms with van der Waals surface area (Å²) >= 11 is 0. The Morgan fingerprint density at radius 2 is 1.71 bits per heavy atom. The number of carbonyl (C=O) groups excluding carboxylic acids is 2. The fourth-order valence-corrected chi connectivity index (χ4v) is 1.89. The van der Waals surface area contributed by atoms with E-state index in [-0.39, 0.29) is 35.4 Å². The van der Waals surface area contributed by atoms with E-state index < -0.39 is 24.0 Å². The number of rotatable bonds is 5.